The van der Waals surface area contributed by atoms with E-state index in [2.05, 4.69) is 29.8 Å². The van der Waals surface area contributed by atoms with Gasteiger partial charge in [0.15, 0.2) is 0 Å². The summed E-state index contributed by atoms with van der Waals surface area (Å²) in [5.74, 6) is -0.212. The van der Waals surface area contributed by atoms with Gasteiger partial charge in [-0.1, -0.05) is 47.5 Å². The zero-order valence-corrected chi connectivity index (χ0v) is 16.0. The lowest BCUT2D eigenvalue weighted by molar-refractivity contribution is -0.118. The van der Waals surface area contributed by atoms with Crippen molar-refractivity contribution < 1.29 is 9.18 Å². The van der Waals surface area contributed by atoms with E-state index in [0.717, 1.165) is 31.4 Å². The molecule has 0 N–H and O–H groups in total. The predicted octanol–water partition coefficient (Wildman–Crippen LogP) is 6.33. The van der Waals surface area contributed by atoms with Crippen LogP contribution in [0.15, 0.2) is 22.7 Å². The Bertz CT molecular complexity index is 445. The molecule has 0 spiro atoms. The minimum absolute atomic E-state index is 0.0930. The van der Waals surface area contributed by atoms with E-state index in [1.165, 1.54) is 6.07 Å². The Hall–Kier alpha value is -0.900. The first-order chi connectivity index (χ1) is 10.5. The summed E-state index contributed by atoms with van der Waals surface area (Å²) in [6, 6.07) is 4.98. The molecule has 0 bridgehead atoms. The summed E-state index contributed by atoms with van der Waals surface area (Å²) < 4.78 is 13.8. The third-order valence-electron chi connectivity index (χ3n) is 3.36. The van der Waals surface area contributed by atoms with E-state index < -0.39 is 0 Å². The quantitative estimate of drug-likeness (QED) is 0.546. The maximum atomic E-state index is 13.4. The van der Waals surface area contributed by atoms with Gasteiger partial charge in [-0.3, -0.25) is 4.79 Å². The molecule has 0 saturated heterocycles. The van der Waals surface area contributed by atoms with Crippen LogP contribution in [0.5, 0.6) is 0 Å². The van der Waals surface area contributed by atoms with Crippen molar-refractivity contribution in [1.29, 1.82) is 0 Å². The molecule has 4 heteroatoms. The molecule has 1 aromatic carbocycles. The predicted molar refractivity (Wildman–Crippen MR) is 96.8 cm³/mol. The number of rotatable bonds is 7. The van der Waals surface area contributed by atoms with Crippen LogP contribution in [0.25, 0.3) is 0 Å². The Labute approximate surface area is 143 Å². The van der Waals surface area contributed by atoms with Gasteiger partial charge in [-0.25, -0.2) is 4.39 Å². The standard InChI is InChI=1S/C16H23BrFNO.C2H6/c1-4-7-12(8-5-2)19(16(20)6-3)13-9-10-15(18)14(17)11-13;1-2/h9-12H,4-8H2,1-3H3;1-2H3. The second kappa shape index (κ2) is 11.6. The van der Waals surface area contributed by atoms with Crippen LogP contribution in [-0.4, -0.2) is 11.9 Å². The molecule has 0 atom stereocenters. The van der Waals surface area contributed by atoms with E-state index in [9.17, 15) is 9.18 Å². The highest BCUT2D eigenvalue weighted by molar-refractivity contribution is 9.10. The Balaban J connectivity index is 0.00000211. The number of amides is 1. The first-order valence-corrected chi connectivity index (χ1v) is 9.11. The molecule has 0 aromatic heterocycles. The van der Waals surface area contributed by atoms with Gasteiger partial charge >= 0.3 is 0 Å². The van der Waals surface area contributed by atoms with Crippen molar-refractivity contribution in [1.82, 2.24) is 0 Å². The van der Waals surface area contributed by atoms with Crippen LogP contribution in [0.2, 0.25) is 0 Å². The number of carbonyl (C=O) groups excluding carboxylic acids is 1. The van der Waals surface area contributed by atoms with Gasteiger partial charge in [0, 0.05) is 18.2 Å². The molecule has 0 heterocycles. The summed E-state index contributed by atoms with van der Waals surface area (Å²) in [6.45, 7) is 10.1. The van der Waals surface area contributed by atoms with Crippen molar-refractivity contribution in [3.8, 4) is 0 Å². The molecule has 0 aliphatic rings. The third kappa shape index (κ3) is 6.07. The number of benzene rings is 1. The molecule has 2 nitrogen and oxygen atoms in total. The molecule has 22 heavy (non-hydrogen) atoms. The minimum Gasteiger partial charge on any atom is -0.309 e. The zero-order chi connectivity index (χ0) is 17.1. The molecule has 0 unspecified atom stereocenters. The van der Waals surface area contributed by atoms with Crippen LogP contribution in [-0.2, 0) is 4.79 Å². The van der Waals surface area contributed by atoms with E-state index >= 15 is 0 Å². The van der Waals surface area contributed by atoms with Crippen LogP contribution in [0.3, 0.4) is 0 Å². The number of carbonyl (C=O) groups is 1. The lowest BCUT2D eigenvalue weighted by Crippen LogP contribution is -2.40. The Kier molecular flexibility index (Phi) is 11.2. The first kappa shape index (κ1) is 21.1. The average molecular weight is 374 g/mol. The SMILES string of the molecule is CC.CCCC(CCC)N(C(=O)CC)c1ccc(F)c(Br)c1. The molecule has 126 valence electrons. The van der Waals surface area contributed by atoms with Crippen LogP contribution in [0.1, 0.15) is 66.7 Å². The average Bonchev–Trinajstić information content (AvgIpc) is 2.53. The fourth-order valence-electron chi connectivity index (χ4n) is 2.43. The van der Waals surface area contributed by atoms with E-state index in [-0.39, 0.29) is 17.8 Å². The third-order valence-corrected chi connectivity index (χ3v) is 3.97. The van der Waals surface area contributed by atoms with E-state index in [0.29, 0.717) is 10.9 Å². The maximum Gasteiger partial charge on any atom is 0.226 e. The highest BCUT2D eigenvalue weighted by atomic mass is 79.9. The second-order valence-electron chi connectivity index (χ2n) is 4.95. The maximum absolute atomic E-state index is 13.4. The summed E-state index contributed by atoms with van der Waals surface area (Å²) in [7, 11) is 0. The summed E-state index contributed by atoms with van der Waals surface area (Å²) in [5.41, 5.74) is 0.775. The molecule has 0 saturated carbocycles. The molecular formula is C18H29BrFNO. The van der Waals surface area contributed by atoms with Crippen LogP contribution in [0.4, 0.5) is 10.1 Å². The summed E-state index contributed by atoms with van der Waals surface area (Å²) in [6.07, 6.45) is 4.45. The Morgan fingerprint density at radius 3 is 2.14 bits per heavy atom. The molecule has 1 aromatic rings. The molecule has 0 aliphatic heterocycles. The van der Waals surface area contributed by atoms with Crippen LogP contribution in [0, 0.1) is 5.82 Å². The number of halogens is 2. The Morgan fingerprint density at radius 1 is 1.18 bits per heavy atom. The first-order valence-electron chi connectivity index (χ1n) is 8.32. The van der Waals surface area contributed by atoms with Gasteiger partial charge < -0.3 is 4.90 Å². The van der Waals surface area contributed by atoms with Crippen molar-refractivity contribution in [2.45, 2.75) is 72.8 Å². The van der Waals surface area contributed by atoms with Crippen LogP contribution >= 0.6 is 15.9 Å². The van der Waals surface area contributed by atoms with Gasteiger partial charge in [-0.05, 0) is 47.0 Å². The molecule has 0 radical (unpaired) electrons. The van der Waals surface area contributed by atoms with Crippen LogP contribution < -0.4 is 4.90 Å². The van der Waals surface area contributed by atoms with Crippen molar-refractivity contribution in [2.75, 3.05) is 4.90 Å². The summed E-state index contributed by atoms with van der Waals surface area (Å²) in [5, 5.41) is 0. The lowest BCUT2D eigenvalue weighted by Gasteiger charge is -2.32. The molecular weight excluding hydrogens is 345 g/mol. The highest BCUT2D eigenvalue weighted by Gasteiger charge is 2.23. The van der Waals surface area contributed by atoms with Crippen molar-refractivity contribution in [3.63, 3.8) is 0 Å². The summed E-state index contributed by atoms with van der Waals surface area (Å²) in [4.78, 5) is 14.2. The van der Waals surface area contributed by atoms with Gasteiger partial charge in [0.1, 0.15) is 5.82 Å². The number of hydrogen-bond acceptors (Lipinski definition) is 1. The van der Waals surface area contributed by atoms with E-state index in [4.69, 9.17) is 0 Å². The molecule has 0 fully saturated rings. The fourth-order valence-corrected chi connectivity index (χ4v) is 2.80. The number of anilines is 1. The topological polar surface area (TPSA) is 20.3 Å². The zero-order valence-electron chi connectivity index (χ0n) is 14.5. The second-order valence-corrected chi connectivity index (χ2v) is 5.80. The Morgan fingerprint density at radius 2 is 1.73 bits per heavy atom. The van der Waals surface area contributed by atoms with Gasteiger partial charge in [0.2, 0.25) is 5.91 Å². The monoisotopic (exact) mass is 373 g/mol. The normalized spacial score (nSPS) is 10.2. The van der Waals surface area contributed by atoms with Gasteiger partial charge in [-0.2, -0.15) is 0 Å². The number of nitrogens with zero attached hydrogens (tertiary/aromatic N) is 1. The minimum atomic E-state index is -0.305. The van der Waals surface area contributed by atoms with Gasteiger partial charge in [0.05, 0.1) is 4.47 Å². The van der Waals surface area contributed by atoms with Crippen molar-refractivity contribution in [2.24, 2.45) is 0 Å². The van der Waals surface area contributed by atoms with Gasteiger partial charge in [0.25, 0.3) is 0 Å². The number of hydrogen-bond donors (Lipinski definition) is 0. The lowest BCUT2D eigenvalue weighted by atomic mass is 10.0. The molecule has 1 amide bonds. The summed E-state index contributed by atoms with van der Waals surface area (Å²) >= 11 is 3.20. The largest absolute Gasteiger partial charge is 0.309 e. The van der Waals surface area contributed by atoms with E-state index in [1.807, 2.05) is 25.7 Å². The molecule has 0 aliphatic carbocycles. The smallest absolute Gasteiger partial charge is 0.226 e. The fraction of sp³-hybridized carbons (Fsp3) is 0.611. The van der Waals surface area contributed by atoms with Crippen molar-refractivity contribution in [3.05, 3.63) is 28.5 Å². The van der Waals surface area contributed by atoms with E-state index in [1.54, 1.807) is 12.1 Å². The molecule has 1 rings (SSSR count). The highest BCUT2D eigenvalue weighted by Crippen LogP contribution is 2.27. The van der Waals surface area contributed by atoms with Crippen molar-refractivity contribution >= 4 is 27.5 Å². The van der Waals surface area contributed by atoms with Gasteiger partial charge in [-0.15, -0.1) is 0 Å².